The van der Waals surface area contributed by atoms with Gasteiger partial charge in [-0.25, -0.2) is 4.63 Å². The molecule has 1 aromatic carbocycles. The zero-order valence-electron chi connectivity index (χ0n) is 13.6. The fourth-order valence-corrected chi connectivity index (χ4v) is 3.10. The van der Waals surface area contributed by atoms with Crippen LogP contribution in [0.3, 0.4) is 0 Å². The van der Waals surface area contributed by atoms with Gasteiger partial charge in [0.1, 0.15) is 5.78 Å². The highest BCUT2D eigenvalue weighted by atomic mass is 16.6. The molecular weight excluding hydrogens is 312 g/mol. The highest BCUT2D eigenvalue weighted by Gasteiger charge is 2.30. The Labute approximate surface area is 139 Å². The molecule has 1 saturated carbocycles. The van der Waals surface area contributed by atoms with E-state index < -0.39 is 0 Å². The number of ether oxygens (including phenoxy) is 2. The van der Waals surface area contributed by atoms with Gasteiger partial charge in [0, 0.05) is 18.9 Å². The number of rotatable bonds is 5. The van der Waals surface area contributed by atoms with E-state index in [4.69, 9.17) is 15.2 Å². The molecule has 1 heterocycles. The molecular formula is C16H20N4O4. The van der Waals surface area contributed by atoms with Crippen molar-refractivity contribution in [2.24, 2.45) is 0 Å². The van der Waals surface area contributed by atoms with E-state index >= 15 is 0 Å². The summed E-state index contributed by atoms with van der Waals surface area (Å²) in [5, 5.41) is 10.4. The van der Waals surface area contributed by atoms with Crippen LogP contribution < -0.4 is 20.5 Å². The molecule has 1 aliphatic rings. The summed E-state index contributed by atoms with van der Waals surface area (Å²) in [6, 6.07) is 5.67. The van der Waals surface area contributed by atoms with Crippen molar-refractivity contribution in [3.63, 3.8) is 0 Å². The Morgan fingerprint density at radius 1 is 1.21 bits per heavy atom. The maximum absolute atomic E-state index is 12.2. The summed E-state index contributed by atoms with van der Waals surface area (Å²) < 4.78 is 15.2. The Kier molecular flexibility index (Phi) is 4.54. The Hall–Kier alpha value is -2.77. The Bertz CT molecular complexity index is 731. The van der Waals surface area contributed by atoms with Gasteiger partial charge < -0.3 is 20.5 Å². The smallest absolute Gasteiger partial charge is 0.215 e. The minimum atomic E-state index is -0.0708. The Balaban J connectivity index is 1.78. The summed E-state index contributed by atoms with van der Waals surface area (Å²) in [5.74, 6) is 2.16. The first-order valence-corrected chi connectivity index (χ1v) is 7.69. The third kappa shape index (κ3) is 3.27. The predicted octanol–water partition coefficient (Wildman–Crippen LogP) is 1.99. The first-order valence-electron chi connectivity index (χ1n) is 7.69. The first-order chi connectivity index (χ1) is 11.6. The second-order valence-corrected chi connectivity index (χ2v) is 5.83. The van der Waals surface area contributed by atoms with Crippen molar-refractivity contribution in [3.8, 4) is 11.5 Å². The molecule has 8 nitrogen and oxygen atoms in total. The molecule has 0 unspecified atom stereocenters. The minimum Gasteiger partial charge on any atom is -0.493 e. The van der Waals surface area contributed by atoms with Crippen LogP contribution in [0, 0.1) is 0 Å². The molecule has 8 heteroatoms. The largest absolute Gasteiger partial charge is 0.493 e. The van der Waals surface area contributed by atoms with Crippen LogP contribution in [0.5, 0.6) is 11.5 Å². The van der Waals surface area contributed by atoms with Gasteiger partial charge in [0.2, 0.25) is 11.6 Å². The van der Waals surface area contributed by atoms with Crippen molar-refractivity contribution < 1.29 is 18.9 Å². The van der Waals surface area contributed by atoms with Gasteiger partial charge in [0.05, 0.1) is 14.2 Å². The van der Waals surface area contributed by atoms with Crippen LogP contribution in [0.1, 0.15) is 30.7 Å². The topological polar surface area (TPSA) is 112 Å². The molecule has 24 heavy (non-hydrogen) atoms. The Morgan fingerprint density at radius 2 is 2.00 bits per heavy atom. The van der Waals surface area contributed by atoms with E-state index in [-0.39, 0.29) is 23.6 Å². The van der Waals surface area contributed by atoms with Crippen LogP contribution in [0.2, 0.25) is 0 Å². The van der Waals surface area contributed by atoms with Crippen molar-refractivity contribution in [3.05, 3.63) is 23.8 Å². The van der Waals surface area contributed by atoms with Crippen LogP contribution >= 0.6 is 0 Å². The van der Waals surface area contributed by atoms with Gasteiger partial charge >= 0.3 is 0 Å². The number of methoxy groups -OCH3 is 2. The average molecular weight is 332 g/mol. The third-order valence-corrected chi connectivity index (χ3v) is 4.25. The van der Waals surface area contributed by atoms with Crippen LogP contribution in [-0.4, -0.2) is 36.4 Å². The second kappa shape index (κ2) is 6.77. The number of hydrogen-bond acceptors (Lipinski definition) is 8. The van der Waals surface area contributed by atoms with Crippen LogP contribution in [0.4, 0.5) is 11.6 Å². The van der Waals surface area contributed by atoms with E-state index in [1.54, 1.807) is 14.2 Å². The molecule has 0 radical (unpaired) electrons. The number of nitrogen functional groups attached to an aromatic ring is 1. The summed E-state index contributed by atoms with van der Waals surface area (Å²) >= 11 is 0. The molecule has 2 atom stereocenters. The lowest BCUT2D eigenvalue weighted by Crippen LogP contribution is -2.31. The lowest BCUT2D eigenvalue weighted by molar-refractivity contribution is -0.120. The number of nitrogens with zero attached hydrogens (tertiary/aromatic N) is 2. The van der Waals surface area contributed by atoms with Crippen molar-refractivity contribution in [2.45, 2.75) is 31.2 Å². The van der Waals surface area contributed by atoms with E-state index in [2.05, 4.69) is 20.3 Å². The molecule has 0 amide bonds. The number of nitrogens with two attached hydrogens (primary N) is 1. The molecule has 0 saturated heterocycles. The van der Waals surface area contributed by atoms with E-state index in [1.807, 2.05) is 18.2 Å². The number of nitrogens with one attached hydrogen (secondary N) is 1. The number of hydrogen-bond donors (Lipinski definition) is 2. The van der Waals surface area contributed by atoms with Crippen molar-refractivity contribution in [2.75, 3.05) is 25.3 Å². The minimum absolute atomic E-state index is 0.0708. The van der Waals surface area contributed by atoms with Gasteiger partial charge in [-0.15, -0.1) is 0 Å². The fourth-order valence-electron chi connectivity index (χ4n) is 3.10. The lowest BCUT2D eigenvalue weighted by atomic mass is 9.80. The molecule has 128 valence electrons. The average Bonchev–Trinajstić information content (AvgIpc) is 2.98. The van der Waals surface area contributed by atoms with Crippen LogP contribution in [0.15, 0.2) is 22.8 Å². The molecule has 0 spiro atoms. The summed E-state index contributed by atoms with van der Waals surface area (Å²) in [5.41, 5.74) is 6.70. The van der Waals surface area contributed by atoms with Crippen LogP contribution in [0.25, 0.3) is 0 Å². The molecule has 0 bridgehead atoms. The molecule has 2 aromatic rings. The zero-order chi connectivity index (χ0) is 17.1. The van der Waals surface area contributed by atoms with Gasteiger partial charge in [0.25, 0.3) is 0 Å². The predicted molar refractivity (Wildman–Crippen MR) is 87.3 cm³/mol. The van der Waals surface area contributed by atoms with Gasteiger partial charge in [-0.2, -0.15) is 0 Å². The lowest BCUT2D eigenvalue weighted by Gasteiger charge is -2.29. The van der Waals surface area contributed by atoms with Crippen molar-refractivity contribution in [1.29, 1.82) is 0 Å². The summed E-state index contributed by atoms with van der Waals surface area (Å²) in [6.45, 7) is 0. The van der Waals surface area contributed by atoms with E-state index in [1.165, 1.54) is 0 Å². The number of carbonyl (C=O) groups excluding carboxylic acids is 1. The normalized spacial score (nSPS) is 20.7. The molecule has 3 rings (SSSR count). The monoisotopic (exact) mass is 332 g/mol. The van der Waals surface area contributed by atoms with Gasteiger partial charge in [-0.05, 0) is 40.3 Å². The summed E-state index contributed by atoms with van der Waals surface area (Å²) in [4.78, 5) is 12.2. The SMILES string of the molecule is COc1ccc([C@@H]2CC(=O)C[C@@H](Nc3nonc3N)C2)cc1OC. The zero-order valence-corrected chi connectivity index (χ0v) is 13.6. The number of benzene rings is 1. The fraction of sp³-hybridized carbons (Fsp3) is 0.438. The van der Waals surface area contributed by atoms with E-state index in [0.717, 1.165) is 12.0 Å². The quantitative estimate of drug-likeness (QED) is 0.854. The molecule has 1 aromatic heterocycles. The number of anilines is 2. The molecule has 0 aliphatic heterocycles. The highest BCUT2D eigenvalue weighted by Crippen LogP contribution is 2.37. The number of aromatic nitrogens is 2. The second-order valence-electron chi connectivity index (χ2n) is 5.83. The van der Waals surface area contributed by atoms with Gasteiger partial charge in [-0.1, -0.05) is 6.07 Å². The first kappa shape index (κ1) is 16.1. The molecule has 3 N–H and O–H groups in total. The van der Waals surface area contributed by atoms with Crippen LogP contribution in [-0.2, 0) is 4.79 Å². The number of Topliss-reactive ketones (excluding diaryl/α,β-unsaturated/α-hetero) is 1. The van der Waals surface area contributed by atoms with E-state index in [0.29, 0.717) is 30.2 Å². The highest BCUT2D eigenvalue weighted by molar-refractivity contribution is 5.81. The standard InChI is InChI=1S/C16H20N4O4/c1-22-13-4-3-9(7-14(13)23-2)10-5-11(8-12(21)6-10)18-16-15(17)19-24-20-16/h3-4,7,10-11H,5-6,8H2,1-2H3,(H2,17,19)(H,18,20)/t10-,11-/m0/s1. The number of carbonyl (C=O) groups is 1. The van der Waals surface area contributed by atoms with Crippen molar-refractivity contribution >= 4 is 17.4 Å². The maximum Gasteiger partial charge on any atom is 0.215 e. The summed E-state index contributed by atoms with van der Waals surface area (Å²) in [7, 11) is 3.19. The van der Waals surface area contributed by atoms with Crippen molar-refractivity contribution in [1.82, 2.24) is 10.3 Å². The Morgan fingerprint density at radius 3 is 2.67 bits per heavy atom. The van der Waals surface area contributed by atoms with E-state index in [9.17, 15) is 4.79 Å². The molecule has 1 aliphatic carbocycles. The molecule has 1 fully saturated rings. The van der Waals surface area contributed by atoms with Gasteiger partial charge in [0.15, 0.2) is 11.5 Å². The van der Waals surface area contributed by atoms with Gasteiger partial charge in [-0.3, -0.25) is 4.79 Å². The number of ketones is 1. The maximum atomic E-state index is 12.2. The summed E-state index contributed by atoms with van der Waals surface area (Å²) in [6.07, 6.45) is 1.70. The third-order valence-electron chi connectivity index (χ3n) is 4.25.